The summed E-state index contributed by atoms with van der Waals surface area (Å²) in [6.07, 6.45) is 1.99. The zero-order valence-electron chi connectivity index (χ0n) is 14.5. The van der Waals surface area contributed by atoms with Crippen LogP contribution in [-0.4, -0.2) is 36.9 Å². The van der Waals surface area contributed by atoms with E-state index in [2.05, 4.69) is 4.99 Å². The molecule has 0 aliphatic heterocycles. The maximum atomic E-state index is 11.9. The van der Waals surface area contributed by atoms with E-state index in [9.17, 15) is 18.0 Å². The number of benzene rings is 2. The molecule has 8 nitrogen and oxygen atoms in total. The maximum Gasteiger partial charge on any atom is 0.280 e. The van der Waals surface area contributed by atoms with Crippen LogP contribution in [0.1, 0.15) is 32.7 Å². The minimum absolute atomic E-state index is 0.171. The van der Waals surface area contributed by atoms with Crippen molar-refractivity contribution in [2.75, 3.05) is 6.26 Å². The first-order valence-electron chi connectivity index (χ1n) is 7.88. The van der Waals surface area contributed by atoms with Gasteiger partial charge in [-0.3, -0.25) is 14.1 Å². The molecule has 0 saturated heterocycles. The molecule has 0 unspecified atom stereocenters. The second-order valence-electron chi connectivity index (χ2n) is 5.91. The third-order valence-electron chi connectivity index (χ3n) is 3.73. The van der Waals surface area contributed by atoms with Gasteiger partial charge >= 0.3 is 0 Å². The van der Waals surface area contributed by atoms with Gasteiger partial charge in [0.1, 0.15) is 0 Å². The van der Waals surface area contributed by atoms with Crippen molar-refractivity contribution in [2.45, 2.75) is 12.8 Å². The molecule has 142 valence electrons. The number of guanidine groups is 1. The quantitative estimate of drug-likeness (QED) is 0.398. The van der Waals surface area contributed by atoms with Crippen molar-refractivity contribution in [2.24, 2.45) is 16.5 Å². The molecule has 5 N–H and O–H groups in total. The first-order chi connectivity index (χ1) is 12.6. The molecule has 27 heavy (non-hydrogen) atoms. The second-order valence-corrected chi connectivity index (χ2v) is 7.38. The van der Waals surface area contributed by atoms with Crippen LogP contribution < -0.4 is 11.5 Å². The van der Waals surface area contributed by atoms with Crippen molar-refractivity contribution in [3.05, 3.63) is 59.2 Å². The van der Waals surface area contributed by atoms with Gasteiger partial charge in [0, 0.05) is 17.5 Å². The molecule has 0 saturated carbocycles. The molecule has 1 aliphatic rings. The van der Waals surface area contributed by atoms with Crippen molar-refractivity contribution in [3.8, 4) is 11.1 Å². The number of nitrogens with two attached hydrogens (primary N) is 2. The number of Topliss-reactive ketones (excluding diaryl/α,β-unsaturated/α-hetero) is 1. The highest BCUT2D eigenvalue weighted by molar-refractivity contribution is 7.85. The van der Waals surface area contributed by atoms with Gasteiger partial charge in [0.25, 0.3) is 16.0 Å². The summed E-state index contributed by atoms with van der Waals surface area (Å²) in [5.41, 5.74) is 14.6. The Morgan fingerprint density at radius 3 is 2.30 bits per heavy atom. The minimum Gasteiger partial charge on any atom is -0.370 e. The van der Waals surface area contributed by atoms with Crippen molar-refractivity contribution in [1.82, 2.24) is 0 Å². The second kappa shape index (κ2) is 8.11. The molecule has 0 spiro atoms. The molecule has 2 aromatic rings. The largest absolute Gasteiger partial charge is 0.370 e. The number of hydrogen-bond donors (Lipinski definition) is 3. The molecule has 2 aromatic carbocycles. The van der Waals surface area contributed by atoms with E-state index in [0.717, 1.165) is 28.7 Å². The number of amides is 1. The van der Waals surface area contributed by atoms with Crippen LogP contribution in [0.4, 0.5) is 0 Å². The average molecular weight is 389 g/mol. The number of fused-ring (bicyclic) bond motifs is 1. The molecular formula is C18H19N3O5S. The fraction of sp³-hybridized carbons (Fsp3) is 0.167. The first-order valence-corrected chi connectivity index (χ1v) is 9.73. The predicted octanol–water partition coefficient (Wildman–Crippen LogP) is 1.40. The fourth-order valence-electron chi connectivity index (χ4n) is 2.76. The van der Waals surface area contributed by atoms with Gasteiger partial charge in [0.2, 0.25) is 0 Å². The SMILES string of the molecule is CS(=O)(=O)O.NC(N)=NC(=O)c1cccc(-c2cccc3c2CCC3=O)c1. The van der Waals surface area contributed by atoms with Gasteiger partial charge in [-0.1, -0.05) is 30.3 Å². The monoisotopic (exact) mass is 389 g/mol. The highest BCUT2D eigenvalue weighted by atomic mass is 32.2. The minimum atomic E-state index is -3.67. The number of hydrogen-bond acceptors (Lipinski definition) is 4. The standard InChI is InChI=1S/C17H15N3O2.CH4O3S/c18-17(19)20-16(22)11-4-1-3-10(9-11)12-5-2-6-14-13(12)7-8-15(14)21;1-5(2,3)4/h1-6,9H,7-8H2,(H4,18,19,20,22);1H3,(H,2,3,4). The van der Waals surface area contributed by atoms with Crippen LogP contribution in [0, 0.1) is 0 Å². The van der Waals surface area contributed by atoms with Crippen LogP contribution in [0.2, 0.25) is 0 Å². The van der Waals surface area contributed by atoms with Crippen LogP contribution >= 0.6 is 0 Å². The average Bonchev–Trinajstić information content (AvgIpc) is 2.94. The molecule has 0 bridgehead atoms. The Labute approximate surface area is 156 Å². The number of aliphatic imine (C=N–C) groups is 1. The van der Waals surface area contributed by atoms with Crippen LogP contribution in [0.15, 0.2) is 47.5 Å². The van der Waals surface area contributed by atoms with Crippen molar-refractivity contribution < 1.29 is 22.6 Å². The number of carbonyl (C=O) groups excluding carboxylic acids is 2. The topological polar surface area (TPSA) is 153 Å². The van der Waals surface area contributed by atoms with E-state index in [1.807, 2.05) is 24.3 Å². The summed E-state index contributed by atoms with van der Waals surface area (Å²) in [4.78, 5) is 27.3. The molecule has 0 radical (unpaired) electrons. The van der Waals surface area contributed by atoms with E-state index in [1.54, 1.807) is 18.2 Å². The van der Waals surface area contributed by atoms with E-state index in [1.165, 1.54) is 0 Å². The number of rotatable bonds is 2. The summed E-state index contributed by atoms with van der Waals surface area (Å²) < 4.78 is 25.9. The zero-order valence-corrected chi connectivity index (χ0v) is 15.4. The van der Waals surface area contributed by atoms with E-state index >= 15 is 0 Å². The summed E-state index contributed by atoms with van der Waals surface area (Å²) in [6, 6.07) is 12.8. The van der Waals surface area contributed by atoms with Gasteiger partial charge in [0.05, 0.1) is 6.26 Å². The number of nitrogens with zero attached hydrogens (tertiary/aromatic N) is 1. The van der Waals surface area contributed by atoms with Crippen molar-refractivity contribution >= 4 is 27.8 Å². The third-order valence-corrected chi connectivity index (χ3v) is 3.73. The Kier molecular flexibility index (Phi) is 6.09. The van der Waals surface area contributed by atoms with Crippen LogP contribution in [0.25, 0.3) is 11.1 Å². The van der Waals surface area contributed by atoms with Gasteiger partial charge in [-0.2, -0.15) is 13.4 Å². The third kappa shape index (κ3) is 5.73. The number of carbonyl (C=O) groups is 2. The van der Waals surface area contributed by atoms with E-state index in [0.29, 0.717) is 18.2 Å². The highest BCUT2D eigenvalue weighted by Crippen LogP contribution is 2.32. The summed E-state index contributed by atoms with van der Waals surface area (Å²) in [5, 5.41) is 0. The predicted molar refractivity (Wildman–Crippen MR) is 102 cm³/mol. The lowest BCUT2D eigenvalue weighted by Crippen LogP contribution is -2.24. The summed E-state index contributed by atoms with van der Waals surface area (Å²) in [6.45, 7) is 0. The lowest BCUT2D eigenvalue weighted by Gasteiger charge is -2.09. The highest BCUT2D eigenvalue weighted by Gasteiger charge is 2.22. The van der Waals surface area contributed by atoms with Gasteiger partial charge in [0.15, 0.2) is 11.7 Å². The van der Waals surface area contributed by atoms with E-state index in [4.69, 9.17) is 16.0 Å². The Bertz CT molecular complexity index is 1020. The molecule has 0 aromatic heterocycles. The molecule has 0 atom stereocenters. The lowest BCUT2D eigenvalue weighted by atomic mass is 9.95. The van der Waals surface area contributed by atoms with E-state index < -0.39 is 16.0 Å². The van der Waals surface area contributed by atoms with Crippen molar-refractivity contribution in [1.29, 1.82) is 0 Å². The Hall–Kier alpha value is -3.04. The summed E-state index contributed by atoms with van der Waals surface area (Å²) in [5.74, 6) is -0.573. The molecule has 1 aliphatic carbocycles. The zero-order chi connectivity index (χ0) is 20.2. The Morgan fingerprint density at radius 1 is 1.07 bits per heavy atom. The van der Waals surface area contributed by atoms with Crippen LogP contribution in [0.3, 0.4) is 0 Å². The smallest absolute Gasteiger partial charge is 0.280 e. The lowest BCUT2D eigenvalue weighted by molar-refractivity contribution is 0.0989. The summed E-state index contributed by atoms with van der Waals surface area (Å²) in [7, 11) is -3.67. The van der Waals surface area contributed by atoms with Crippen LogP contribution in [0.5, 0.6) is 0 Å². The molecule has 0 fully saturated rings. The van der Waals surface area contributed by atoms with Crippen molar-refractivity contribution in [3.63, 3.8) is 0 Å². The number of ketones is 1. The van der Waals surface area contributed by atoms with Gasteiger partial charge in [-0.15, -0.1) is 0 Å². The molecule has 9 heteroatoms. The molecular weight excluding hydrogens is 370 g/mol. The normalized spacial score (nSPS) is 12.6. The first kappa shape index (κ1) is 20.3. The van der Waals surface area contributed by atoms with Gasteiger partial charge in [-0.25, -0.2) is 0 Å². The molecule has 1 amide bonds. The fourth-order valence-corrected chi connectivity index (χ4v) is 2.76. The van der Waals surface area contributed by atoms with Gasteiger partial charge in [-0.05, 0) is 35.2 Å². The molecule has 0 heterocycles. The molecule has 3 rings (SSSR count). The van der Waals surface area contributed by atoms with Gasteiger partial charge < -0.3 is 11.5 Å². The van der Waals surface area contributed by atoms with E-state index in [-0.39, 0.29) is 11.7 Å². The summed E-state index contributed by atoms with van der Waals surface area (Å²) >= 11 is 0. The van der Waals surface area contributed by atoms with Crippen LogP contribution in [-0.2, 0) is 16.5 Å². The Morgan fingerprint density at radius 2 is 1.67 bits per heavy atom. The maximum absolute atomic E-state index is 11.9. The Balaban J connectivity index is 0.000000465.